The topological polar surface area (TPSA) is 79.7 Å². The fourth-order valence-electron chi connectivity index (χ4n) is 3.90. The molecule has 3 aromatic rings. The minimum absolute atomic E-state index is 0.0535. The zero-order valence-electron chi connectivity index (χ0n) is 17.6. The van der Waals surface area contributed by atoms with Gasteiger partial charge in [0.1, 0.15) is 11.5 Å². The number of aryl methyl sites for hydroxylation is 1. The van der Waals surface area contributed by atoms with Crippen molar-refractivity contribution in [3.63, 3.8) is 0 Å². The smallest absolute Gasteiger partial charge is 0.295 e. The molecular formula is C25H21BrN2O4. The van der Waals surface area contributed by atoms with Crippen molar-refractivity contribution in [3.05, 3.63) is 99.3 Å². The molecule has 32 heavy (non-hydrogen) atoms. The summed E-state index contributed by atoms with van der Waals surface area (Å²) in [5, 5.41) is 11.2. The second-order valence-electron chi connectivity index (χ2n) is 7.48. The van der Waals surface area contributed by atoms with Gasteiger partial charge in [-0.05, 0) is 48.4 Å². The summed E-state index contributed by atoms with van der Waals surface area (Å²) in [5.41, 5.74) is 2.87. The molecule has 0 bridgehead atoms. The molecule has 1 saturated heterocycles. The quantitative estimate of drug-likeness (QED) is 0.314. The van der Waals surface area contributed by atoms with Crippen molar-refractivity contribution in [1.82, 2.24) is 9.88 Å². The van der Waals surface area contributed by atoms with E-state index in [2.05, 4.69) is 20.9 Å². The number of aliphatic hydroxyl groups is 1. The van der Waals surface area contributed by atoms with Gasteiger partial charge in [0.15, 0.2) is 0 Å². The summed E-state index contributed by atoms with van der Waals surface area (Å²) in [6.07, 6.45) is 3.20. The molecule has 2 heterocycles. The number of carbonyl (C=O) groups excluding carboxylic acids is 2. The molecule has 2 aromatic carbocycles. The van der Waals surface area contributed by atoms with E-state index >= 15 is 0 Å². The maximum atomic E-state index is 13.1. The van der Waals surface area contributed by atoms with Gasteiger partial charge in [-0.2, -0.15) is 0 Å². The fraction of sp³-hybridized carbons (Fsp3) is 0.160. The second-order valence-corrected chi connectivity index (χ2v) is 8.34. The van der Waals surface area contributed by atoms with E-state index in [0.29, 0.717) is 16.9 Å². The number of halogens is 1. The zero-order chi connectivity index (χ0) is 22.8. The Balaban J connectivity index is 1.87. The number of para-hydroxylation sites is 1. The first-order chi connectivity index (χ1) is 15.4. The number of carbonyl (C=O) groups is 2. The lowest BCUT2D eigenvalue weighted by molar-refractivity contribution is -0.140. The van der Waals surface area contributed by atoms with Crippen LogP contribution in [0, 0.1) is 6.92 Å². The minimum atomic E-state index is -0.758. The van der Waals surface area contributed by atoms with E-state index in [0.717, 1.165) is 15.6 Å². The number of amides is 1. The number of aliphatic hydroxyl groups excluding tert-OH is 1. The van der Waals surface area contributed by atoms with E-state index in [1.54, 1.807) is 55.9 Å². The molecule has 1 aliphatic heterocycles. The molecule has 1 atom stereocenters. The molecule has 1 fully saturated rings. The summed E-state index contributed by atoms with van der Waals surface area (Å²) in [5.74, 6) is -0.984. The molecule has 0 spiro atoms. The highest BCUT2D eigenvalue weighted by Gasteiger charge is 2.46. The van der Waals surface area contributed by atoms with E-state index in [4.69, 9.17) is 4.74 Å². The van der Waals surface area contributed by atoms with E-state index in [1.807, 2.05) is 25.1 Å². The number of hydrogen-bond acceptors (Lipinski definition) is 5. The molecule has 162 valence electrons. The molecule has 0 saturated carbocycles. The monoisotopic (exact) mass is 492 g/mol. The van der Waals surface area contributed by atoms with Gasteiger partial charge in [0.2, 0.25) is 0 Å². The van der Waals surface area contributed by atoms with E-state index in [9.17, 15) is 14.7 Å². The van der Waals surface area contributed by atoms with Crippen molar-refractivity contribution >= 4 is 33.4 Å². The number of nitrogens with zero attached hydrogens (tertiary/aromatic N) is 2. The van der Waals surface area contributed by atoms with Gasteiger partial charge >= 0.3 is 0 Å². The van der Waals surface area contributed by atoms with Crippen molar-refractivity contribution < 1.29 is 19.4 Å². The lowest BCUT2D eigenvalue weighted by Crippen LogP contribution is -2.29. The van der Waals surface area contributed by atoms with Crippen molar-refractivity contribution in [3.8, 4) is 5.75 Å². The SMILES string of the molecule is COc1ccccc1CN1C(=O)C(=O)/C(=C(\O)c2ccc(Br)c(C)c2)C1c1ccncc1. The van der Waals surface area contributed by atoms with E-state index in [-0.39, 0.29) is 17.9 Å². The van der Waals surface area contributed by atoms with Crippen molar-refractivity contribution in [2.24, 2.45) is 0 Å². The van der Waals surface area contributed by atoms with Crippen LogP contribution in [0.1, 0.15) is 28.3 Å². The predicted octanol–water partition coefficient (Wildman–Crippen LogP) is 4.78. The second kappa shape index (κ2) is 8.96. The number of Topliss-reactive ketones (excluding diaryl/α,β-unsaturated/α-hetero) is 1. The number of likely N-dealkylation sites (tertiary alicyclic amines) is 1. The Hall–Kier alpha value is -3.45. The lowest BCUT2D eigenvalue weighted by atomic mass is 9.95. The highest BCUT2D eigenvalue weighted by Crippen LogP contribution is 2.41. The van der Waals surface area contributed by atoms with Crippen LogP contribution in [-0.2, 0) is 16.1 Å². The van der Waals surface area contributed by atoms with Crippen LogP contribution >= 0.6 is 15.9 Å². The first-order valence-electron chi connectivity index (χ1n) is 9.99. The number of ketones is 1. The Morgan fingerprint density at radius 2 is 1.84 bits per heavy atom. The van der Waals surface area contributed by atoms with Crippen LogP contribution < -0.4 is 4.74 Å². The highest BCUT2D eigenvalue weighted by atomic mass is 79.9. The third-order valence-corrected chi connectivity index (χ3v) is 6.42. The molecule has 1 amide bonds. The summed E-state index contributed by atoms with van der Waals surface area (Å²) in [4.78, 5) is 31.8. The molecular weight excluding hydrogens is 472 g/mol. The summed E-state index contributed by atoms with van der Waals surface area (Å²) in [6, 6.07) is 15.4. The average molecular weight is 493 g/mol. The Morgan fingerprint density at radius 1 is 1.12 bits per heavy atom. The third-order valence-electron chi connectivity index (χ3n) is 5.53. The molecule has 0 aliphatic carbocycles. The number of aromatic nitrogens is 1. The van der Waals surface area contributed by atoms with Crippen molar-refractivity contribution in [2.45, 2.75) is 19.5 Å². The largest absolute Gasteiger partial charge is 0.507 e. The predicted molar refractivity (Wildman–Crippen MR) is 124 cm³/mol. The van der Waals surface area contributed by atoms with Crippen molar-refractivity contribution in [1.29, 1.82) is 0 Å². The number of methoxy groups -OCH3 is 1. The Bertz CT molecular complexity index is 1220. The average Bonchev–Trinajstić information content (AvgIpc) is 3.06. The summed E-state index contributed by atoms with van der Waals surface area (Å²) >= 11 is 3.45. The number of pyridine rings is 1. The Morgan fingerprint density at radius 3 is 2.53 bits per heavy atom. The molecule has 6 nitrogen and oxygen atoms in total. The van der Waals surface area contributed by atoms with Crippen molar-refractivity contribution in [2.75, 3.05) is 7.11 Å². The number of benzene rings is 2. The third kappa shape index (κ3) is 3.91. The van der Waals surface area contributed by atoms with Crippen LogP contribution in [-0.4, -0.2) is 33.8 Å². The first kappa shape index (κ1) is 21.8. The summed E-state index contributed by atoms with van der Waals surface area (Å²) in [7, 11) is 1.56. The zero-order valence-corrected chi connectivity index (χ0v) is 19.2. The first-order valence-corrected chi connectivity index (χ1v) is 10.8. The Labute approximate surface area is 194 Å². The Kier molecular flexibility index (Phi) is 6.10. The summed E-state index contributed by atoms with van der Waals surface area (Å²) < 4.78 is 6.31. The molecule has 1 aromatic heterocycles. The number of rotatable bonds is 5. The molecule has 1 N–H and O–H groups in total. The lowest BCUT2D eigenvalue weighted by Gasteiger charge is -2.26. The van der Waals surface area contributed by atoms with Crippen LogP contribution in [0.25, 0.3) is 5.76 Å². The maximum Gasteiger partial charge on any atom is 0.295 e. The van der Waals surface area contributed by atoms with Gasteiger partial charge in [0, 0.05) is 28.0 Å². The van der Waals surface area contributed by atoms with E-state index in [1.165, 1.54) is 4.90 Å². The van der Waals surface area contributed by atoms with Gasteiger partial charge in [0.25, 0.3) is 11.7 Å². The van der Waals surface area contributed by atoms with Crippen LogP contribution in [0.15, 0.2) is 77.0 Å². The molecule has 4 rings (SSSR count). The van der Waals surface area contributed by atoms with Crippen LogP contribution in [0.5, 0.6) is 5.75 Å². The van der Waals surface area contributed by atoms with Crippen LogP contribution in [0.3, 0.4) is 0 Å². The van der Waals surface area contributed by atoms with Gasteiger partial charge in [-0.3, -0.25) is 14.6 Å². The molecule has 1 aliphatic rings. The minimum Gasteiger partial charge on any atom is -0.507 e. The highest BCUT2D eigenvalue weighted by molar-refractivity contribution is 9.10. The number of hydrogen-bond donors (Lipinski definition) is 1. The fourth-order valence-corrected chi connectivity index (χ4v) is 4.15. The molecule has 1 unspecified atom stereocenters. The summed E-state index contributed by atoms with van der Waals surface area (Å²) in [6.45, 7) is 2.04. The van der Waals surface area contributed by atoms with Gasteiger partial charge in [0.05, 0.1) is 25.3 Å². The normalized spacial score (nSPS) is 17.6. The van der Waals surface area contributed by atoms with Crippen LogP contribution in [0.4, 0.5) is 0 Å². The van der Waals surface area contributed by atoms with Gasteiger partial charge in [-0.1, -0.05) is 40.2 Å². The number of ether oxygens (including phenoxy) is 1. The maximum absolute atomic E-state index is 13.1. The molecule has 0 radical (unpaired) electrons. The van der Waals surface area contributed by atoms with E-state index < -0.39 is 17.7 Å². The van der Waals surface area contributed by atoms with Gasteiger partial charge in [-0.25, -0.2) is 0 Å². The van der Waals surface area contributed by atoms with Gasteiger partial charge < -0.3 is 14.7 Å². The van der Waals surface area contributed by atoms with Gasteiger partial charge in [-0.15, -0.1) is 0 Å². The molecule has 7 heteroatoms. The standard InChI is InChI=1S/C25H21BrN2O4/c1-15-13-17(7-8-19(15)26)23(29)21-22(16-9-11-27-12-10-16)28(25(31)24(21)30)14-18-5-3-4-6-20(18)32-2/h3-13,22,29H,14H2,1-2H3/b23-21-. The van der Waals surface area contributed by atoms with Crippen LogP contribution in [0.2, 0.25) is 0 Å².